The van der Waals surface area contributed by atoms with E-state index in [0.29, 0.717) is 5.69 Å². The minimum atomic E-state index is -1.16. The van der Waals surface area contributed by atoms with E-state index in [0.717, 1.165) is 16.5 Å². The second kappa shape index (κ2) is 6.49. The van der Waals surface area contributed by atoms with E-state index in [1.807, 2.05) is 19.1 Å². The van der Waals surface area contributed by atoms with Gasteiger partial charge in [-0.2, -0.15) is 0 Å². The summed E-state index contributed by atoms with van der Waals surface area (Å²) in [4.78, 5) is 26.8. The van der Waals surface area contributed by atoms with Gasteiger partial charge in [-0.05, 0) is 42.3 Å². The molecule has 0 saturated heterocycles. The molecule has 1 aromatic carbocycles. The van der Waals surface area contributed by atoms with Crippen molar-refractivity contribution in [2.75, 3.05) is 5.32 Å². The molecule has 2 rings (SSSR count). The molecular weight excluding hydrogens is 336 g/mol. The molecule has 0 spiro atoms. The lowest BCUT2D eigenvalue weighted by molar-refractivity contribution is 0.0690. The first-order valence-electron chi connectivity index (χ1n) is 6.30. The lowest BCUT2D eigenvalue weighted by Gasteiger charge is -2.10. The van der Waals surface area contributed by atoms with Crippen LogP contribution in [0.1, 0.15) is 33.3 Å². The first kappa shape index (κ1) is 15.2. The molecule has 0 bridgehead atoms. The monoisotopic (exact) mass is 348 g/mol. The number of aromatic nitrogens is 1. The van der Waals surface area contributed by atoms with E-state index in [4.69, 9.17) is 5.11 Å². The van der Waals surface area contributed by atoms with Gasteiger partial charge in [0.2, 0.25) is 0 Å². The number of aryl methyl sites for hydroxylation is 1. The highest BCUT2D eigenvalue weighted by Crippen LogP contribution is 2.22. The highest BCUT2D eigenvalue weighted by atomic mass is 79.9. The van der Waals surface area contributed by atoms with E-state index >= 15 is 0 Å². The average molecular weight is 349 g/mol. The van der Waals surface area contributed by atoms with Gasteiger partial charge in [0.15, 0.2) is 0 Å². The first-order valence-corrected chi connectivity index (χ1v) is 7.09. The molecule has 21 heavy (non-hydrogen) atoms. The fourth-order valence-electron chi connectivity index (χ4n) is 1.86. The highest BCUT2D eigenvalue weighted by molar-refractivity contribution is 9.10. The van der Waals surface area contributed by atoms with Crippen LogP contribution in [0.5, 0.6) is 0 Å². The van der Waals surface area contributed by atoms with Crippen LogP contribution in [0.15, 0.2) is 41.0 Å². The third-order valence-electron chi connectivity index (χ3n) is 2.94. The number of anilines is 1. The van der Waals surface area contributed by atoms with Crippen molar-refractivity contribution >= 4 is 33.5 Å². The van der Waals surface area contributed by atoms with E-state index < -0.39 is 5.97 Å². The molecule has 1 amide bonds. The molecule has 6 heteroatoms. The number of carbonyl (C=O) groups excluding carboxylic acids is 1. The Morgan fingerprint density at radius 1 is 1.29 bits per heavy atom. The van der Waals surface area contributed by atoms with Crippen molar-refractivity contribution in [2.45, 2.75) is 13.3 Å². The van der Waals surface area contributed by atoms with Gasteiger partial charge in [-0.15, -0.1) is 0 Å². The van der Waals surface area contributed by atoms with Crippen LogP contribution in [-0.4, -0.2) is 22.0 Å². The molecule has 0 atom stereocenters. The molecule has 1 aromatic heterocycles. The van der Waals surface area contributed by atoms with Crippen molar-refractivity contribution in [3.63, 3.8) is 0 Å². The van der Waals surface area contributed by atoms with Crippen LogP contribution in [0.4, 0.5) is 5.69 Å². The topological polar surface area (TPSA) is 79.3 Å². The van der Waals surface area contributed by atoms with Gasteiger partial charge in [0.1, 0.15) is 5.69 Å². The summed E-state index contributed by atoms with van der Waals surface area (Å²) in [5, 5.41) is 11.7. The number of aromatic carboxylic acids is 1. The third kappa shape index (κ3) is 3.66. The van der Waals surface area contributed by atoms with Crippen molar-refractivity contribution in [3.05, 3.63) is 57.8 Å². The Balaban J connectivity index is 2.26. The number of benzene rings is 1. The smallest absolute Gasteiger partial charge is 0.354 e. The van der Waals surface area contributed by atoms with Crippen LogP contribution >= 0.6 is 15.9 Å². The van der Waals surface area contributed by atoms with Crippen molar-refractivity contribution in [1.82, 2.24) is 4.98 Å². The van der Waals surface area contributed by atoms with E-state index in [2.05, 4.69) is 26.2 Å². The highest BCUT2D eigenvalue weighted by Gasteiger charge is 2.12. The number of hydrogen-bond donors (Lipinski definition) is 2. The number of nitrogens with one attached hydrogen (secondary N) is 1. The Labute approximate surface area is 130 Å². The van der Waals surface area contributed by atoms with Crippen LogP contribution in [0.3, 0.4) is 0 Å². The summed E-state index contributed by atoms with van der Waals surface area (Å²) in [7, 11) is 0. The summed E-state index contributed by atoms with van der Waals surface area (Å²) < 4.78 is 0.939. The quantitative estimate of drug-likeness (QED) is 0.887. The maximum Gasteiger partial charge on any atom is 0.354 e. The Morgan fingerprint density at radius 2 is 2.05 bits per heavy atom. The molecular formula is C15H13BrN2O3. The minimum Gasteiger partial charge on any atom is -0.477 e. The SMILES string of the molecule is CCc1cc(Br)ccc1NC(=O)c1ccnc(C(=O)O)c1. The minimum absolute atomic E-state index is 0.158. The summed E-state index contributed by atoms with van der Waals surface area (Å²) in [6, 6.07) is 8.31. The van der Waals surface area contributed by atoms with Gasteiger partial charge in [0.05, 0.1) is 0 Å². The predicted octanol–water partition coefficient (Wildman–Crippen LogP) is 3.36. The molecule has 2 aromatic rings. The number of nitrogens with zero attached hydrogens (tertiary/aromatic N) is 1. The van der Waals surface area contributed by atoms with Crippen LogP contribution in [0.2, 0.25) is 0 Å². The first-order chi connectivity index (χ1) is 10.0. The number of carboxylic acid groups (broad SMARTS) is 1. The number of rotatable bonds is 4. The van der Waals surface area contributed by atoms with Gasteiger partial charge < -0.3 is 10.4 Å². The second-order valence-electron chi connectivity index (χ2n) is 4.34. The molecule has 0 aliphatic heterocycles. The molecule has 0 aliphatic carbocycles. The van der Waals surface area contributed by atoms with Gasteiger partial charge in [0.25, 0.3) is 5.91 Å². The zero-order valence-electron chi connectivity index (χ0n) is 11.3. The normalized spacial score (nSPS) is 10.2. The Kier molecular flexibility index (Phi) is 4.70. The molecule has 5 nitrogen and oxygen atoms in total. The fourth-order valence-corrected chi connectivity index (χ4v) is 2.27. The fraction of sp³-hybridized carbons (Fsp3) is 0.133. The van der Waals surface area contributed by atoms with Crippen LogP contribution in [0.25, 0.3) is 0 Å². The summed E-state index contributed by atoms with van der Waals surface area (Å²) >= 11 is 3.39. The number of pyridine rings is 1. The maximum atomic E-state index is 12.2. The molecule has 2 N–H and O–H groups in total. The van der Waals surface area contributed by atoms with E-state index in [1.165, 1.54) is 18.3 Å². The number of halogens is 1. The standard InChI is InChI=1S/C15H13BrN2O3/c1-2-9-7-11(16)3-4-12(9)18-14(19)10-5-6-17-13(8-10)15(20)21/h3-8H,2H2,1H3,(H,18,19)(H,20,21). The molecule has 0 unspecified atom stereocenters. The van der Waals surface area contributed by atoms with Crippen molar-refractivity contribution in [2.24, 2.45) is 0 Å². The van der Waals surface area contributed by atoms with E-state index in [1.54, 1.807) is 6.07 Å². The van der Waals surface area contributed by atoms with Crippen LogP contribution < -0.4 is 5.32 Å². The van der Waals surface area contributed by atoms with Gasteiger partial charge in [-0.3, -0.25) is 4.79 Å². The number of carbonyl (C=O) groups is 2. The zero-order chi connectivity index (χ0) is 15.4. The summed E-state index contributed by atoms with van der Waals surface area (Å²) in [6.07, 6.45) is 2.08. The van der Waals surface area contributed by atoms with Gasteiger partial charge in [0, 0.05) is 21.9 Å². The predicted molar refractivity (Wildman–Crippen MR) is 82.7 cm³/mol. The molecule has 1 heterocycles. The largest absolute Gasteiger partial charge is 0.477 e. The van der Waals surface area contributed by atoms with Crippen molar-refractivity contribution in [3.8, 4) is 0 Å². The Bertz CT molecular complexity index is 701. The third-order valence-corrected chi connectivity index (χ3v) is 3.43. The van der Waals surface area contributed by atoms with E-state index in [-0.39, 0.29) is 17.2 Å². The second-order valence-corrected chi connectivity index (χ2v) is 5.26. The van der Waals surface area contributed by atoms with Crippen molar-refractivity contribution in [1.29, 1.82) is 0 Å². The number of carboxylic acids is 1. The Hall–Kier alpha value is -2.21. The van der Waals surface area contributed by atoms with Gasteiger partial charge in [-0.1, -0.05) is 22.9 Å². The molecule has 108 valence electrons. The van der Waals surface area contributed by atoms with E-state index in [9.17, 15) is 9.59 Å². The molecule has 0 aliphatic rings. The van der Waals surface area contributed by atoms with Crippen LogP contribution in [-0.2, 0) is 6.42 Å². The van der Waals surface area contributed by atoms with Crippen molar-refractivity contribution < 1.29 is 14.7 Å². The number of amides is 1. The lowest BCUT2D eigenvalue weighted by Crippen LogP contribution is -2.14. The summed E-state index contributed by atoms with van der Waals surface area (Å²) in [6.45, 7) is 1.99. The molecule has 0 saturated carbocycles. The molecule has 0 fully saturated rings. The van der Waals surface area contributed by atoms with Gasteiger partial charge in [-0.25, -0.2) is 9.78 Å². The summed E-state index contributed by atoms with van der Waals surface area (Å²) in [5.41, 5.74) is 1.80. The number of hydrogen-bond acceptors (Lipinski definition) is 3. The van der Waals surface area contributed by atoms with Crippen LogP contribution in [0, 0.1) is 0 Å². The average Bonchev–Trinajstić information content (AvgIpc) is 2.49. The zero-order valence-corrected chi connectivity index (χ0v) is 12.8. The Morgan fingerprint density at radius 3 is 2.71 bits per heavy atom. The lowest BCUT2D eigenvalue weighted by atomic mass is 10.1. The summed E-state index contributed by atoms with van der Waals surface area (Å²) in [5.74, 6) is -1.53. The maximum absolute atomic E-state index is 12.2. The van der Waals surface area contributed by atoms with Gasteiger partial charge >= 0.3 is 5.97 Å². The molecule has 0 radical (unpaired) electrons.